The minimum Gasteiger partial charge on any atom is -0.337 e. The first kappa shape index (κ1) is 9.15. The number of imidazole rings is 1. The van der Waals surface area contributed by atoms with Crippen LogP contribution in [0.25, 0.3) is 5.69 Å². The number of aromatic nitrogens is 3. The third-order valence-corrected chi connectivity index (χ3v) is 2.51. The smallest absolute Gasteiger partial charge is 0.182 e. The van der Waals surface area contributed by atoms with Crippen LogP contribution in [0.2, 0.25) is 0 Å². The summed E-state index contributed by atoms with van der Waals surface area (Å²) >= 11 is 5.19. The van der Waals surface area contributed by atoms with Crippen LogP contribution in [-0.4, -0.2) is 14.5 Å². The first-order valence-corrected chi connectivity index (χ1v) is 4.79. The molecule has 1 N–H and O–H groups in total. The van der Waals surface area contributed by atoms with E-state index in [1.807, 2.05) is 36.9 Å². The van der Waals surface area contributed by atoms with Crippen molar-refractivity contribution in [2.45, 2.75) is 13.8 Å². The van der Waals surface area contributed by atoms with Gasteiger partial charge < -0.3 is 4.98 Å². The fraction of sp³-hybridized carbons (Fsp3) is 0.200. The van der Waals surface area contributed by atoms with E-state index in [0.717, 1.165) is 11.4 Å². The molecule has 0 fully saturated rings. The van der Waals surface area contributed by atoms with E-state index in [9.17, 15) is 0 Å². The summed E-state index contributed by atoms with van der Waals surface area (Å²) in [4.78, 5) is 7.12. The first-order chi connectivity index (χ1) is 6.70. The summed E-state index contributed by atoms with van der Waals surface area (Å²) in [5.74, 6) is 0. The summed E-state index contributed by atoms with van der Waals surface area (Å²) in [6.07, 6.45) is 5.51. The molecule has 3 nitrogen and oxygen atoms in total. The van der Waals surface area contributed by atoms with Crippen LogP contribution in [0.1, 0.15) is 11.3 Å². The molecule has 0 spiro atoms. The molecule has 2 rings (SSSR count). The number of nitrogens with zero attached hydrogens (tertiary/aromatic N) is 2. The van der Waals surface area contributed by atoms with Gasteiger partial charge in [-0.3, -0.25) is 9.55 Å². The van der Waals surface area contributed by atoms with Gasteiger partial charge in [0, 0.05) is 18.1 Å². The van der Waals surface area contributed by atoms with Crippen molar-refractivity contribution in [2.75, 3.05) is 0 Å². The van der Waals surface area contributed by atoms with E-state index in [0.29, 0.717) is 4.77 Å². The summed E-state index contributed by atoms with van der Waals surface area (Å²) in [7, 11) is 0. The molecule has 0 atom stereocenters. The van der Waals surface area contributed by atoms with Crippen molar-refractivity contribution in [1.82, 2.24) is 14.5 Å². The fourth-order valence-electron chi connectivity index (χ4n) is 1.44. The van der Waals surface area contributed by atoms with Crippen molar-refractivity contribution in [3.8, 4) is 5.69 Å². The SMILES string of the molecule is Cc1ccncc1-n1c(C)c[nH]c1=S. The van der Waals surface area contributed by atoms with Gasteiger partial charge in [-0.25, -0.2) is 0 Å². The van der Waals surface area contributed by atoms with Crippen molar-refractivity contribution in [1.29, 1.82) is 0 Å². The molecule has 72 valence electrons. The Bertz CT molecular complexity index is 510. The Balaban J connectivity index is 2.72. The lowest BCUT2D eigenvalue weighted by molar-refractivity contribution is 0.960. The molecule has 4 heteroatoms. The molecular formula is C10H11N3S. The third kappa shape index (κ3) is 1.37. The predicted octanol–water partition coefficient (Wildman–Crippen LogP) is 2.55. The summed E-state index contributed by atoms with van der Waals surface area (Å²) in [5, 5.41) is 0. The Morgan fingerprint density at radius 2 is 2.21 bits per heavy atom. The molecule has 0 bridgehead atoms. The lowest BCUT2D eigenvalue weighted by Crippen LogP contribution is -1.99. The highest BCUT2D eigenvalue weighted by atomic mass is 32.1. The van der Waals surface area contributed by atoms with E-state index >= 15 is 0 Å². The molecule has 0 aromatic carbocycles. The van der Waals surface area contributed by atoms with Gasteiger partial charge in [0.1, 0.15) is 0 Å². The number of aromatic amines is 1. The minimum atomic E-state index is 0.707. The van der Waals surface area contributed by atoms with Crippen LogP contribution in [0.5, 0.6) is 0 Å². The maximum Gasteiger partial charge on any atom is 0.182 e. The molecule has 14 heavy (non-hydrogen) atoms. The highest BCUT2D eigenvalue weighted by molar-refractivity contribution is 7.71. The molecule has 0 radical (unpaired) electrons. The van der Waals surface area contributed by atoms with Gasteiger partial charge in [-0.05, 0) is 37.7 Å². The van der Waals surface area contributed by atoms with Gasteiger partial charge in [-0.15, -0.1) is 0 Å². The van der Waals surface area contributed by atoms with Crippen molar-refractivity contribution in [3.63, 3.8) is 0 Å². The normalized spacial score (nSPS) is 10.4. The van der Waals surface area contributed by atoms with E-state index in [2.05, 4.69) is 9.97 Å². The van der Waals surface area contributed by atoms with Crippen LogP contribution < -0.4 is 0 Å². The van der Waals surface area contributed by atoms with E-state index in [1.165, 1.54) is 5.56 Å². The monoisotopic (exact) mass is 205 g/mol. The molecule has 2 heterocycles. The van der Waals surface area contributed by atoms with Crippen LogP contribution in [0.3, 0.4) is 0 Å². The summed E-state index contributed by atoms with van der Waals surface area (Å²) in [6.45, 7) is 4.06. The fourth-order valence-corrected chi connectivity index (χ4v) is 1.75. The number of pyridine rings is 1. The molecule has 0 aliphatic carbocycles. The van der Waals surface area contributed by atoms with Crippen molar-refractivity contribution in [2.24, 2.45) is 0 Å². The summed E-state index contributed by atoms with van der Waals surface area (Å²) in [5.41, 5.74) is 3.29. The van der Waals surface area contributed by atoms with Gasteiger partial charge >= 0.3 is 0 Å². The number of rotatable bonds is 1. The van der Waals surface area contributed by atoms with Crippen LogP contribution in [0.15, 0.2) is 24.7 Å². The van der Waals surface area contributed by atoms with E-state index in [4.69, 9.17) is 12.2 Å². The van der Waals surface area contributed by atoms with Gasteiger partial charge in [0.05, 0.1) is 11.9 Å². The van der Waals surface area contributed by atoms with E-state index in [1.54, 1.807) is 6.20 Å². The first-order valence-electron chi connectivity index (χ1n) is 4.38. The zero-order valence-electron chi connectivity index (χ0n) is 8.11. The molecule has 0 aliphatic heterocycles. The van der Waals surface area contributed by atoms with E-state index in [-0.39, 0.29) is 0 Å². The minimum absolute atomic E-state index is 0.707. The summed E-state index contributed by atoms with van der Waals surface area (Å²) in [6, 6.07) is 1.98. The number of hydrogen-bond acceptors (Lipinski definition) is 2. The molecule has 2 aromatic rings. The topological polar surface area (TPSA) is 33.6 Å². The summed E-state index contributed by atoms with van der Waals surface area (Å²) < 4.78 is 2.69. The maximum absolute atomic E-state index is 5.19. The lowest BCUT2D eigenvalue weighted by Gasteiger charge is -2.07. The standard InChI is InChI=1S/C10H11N3S/c1-7-3-4-11-6-9(7)13-8(2)5-12-10(13)14/h3-6H,1-2H3,(H,12,14). The van der Waals surface area contributed by atoms with Crippen molar-refractivity contribution < 1.29 is 0 Å². The van der Waals surface area contributed by atoms with Gasteiger partial charge in [-0.2, -0.15) is 0 Å². The van der Waals surface area contributed by atoms with Gasteiger partial charge in [0.15, 0.2) is 4.77 Å². The highest BCUT2D eigenvalue weighted by Crippen LogP contribution is 2.14. The van der Waals surface area contributed by atoms with Crippen molar-refractivity contribution >= 4 is 12.2 Å². The highest BCUT2D eigenvalue weighted by Gasteiger charge is 2.04. The Morgan fingerprint density at radius 3 is 2.79 bits per heavy atom. The van der Waals surface area contributed by atoms with Gasteiger partial charge in [-0.1, -0.05) is 0 Å². The van der Waals surface area contributed by atoms with Gasteiger partial charge in [0.2, 0.25) is 0 Å². The molecule has 0 saturated carbocycles. The second-order valence-electron chi connectivity index (χ2n) is 3.23. The molecule has 0 aliphatic rings. The Kier molecular flexibility index (Phi) is 2.21. The van der Waals surface area contributed by atoms with Crippen LogP contribution in [-0.2, 0) is 0 Å². The zero-order chi connectivity index (χ0) is 10.1. The zero-order valence-corrected chi connectivity index (χ0v) is 8.93. The third-order valence-electron chi connectivity index (χ3n) is 2.21. The average molecular weight is 205 g/mol. The molecular weight excluding hydrogens is 194 g/mol. The maximum atomic E-state index is 5.19. The second kappa shape index (κ2) is 3.38. The van der Waals surface area contributed by atoms with Crippen LogP contribution >= 0.6 is 12.2 Å². The molecule has 0 unspecified atom stereocenters. The average Bonchev–Trinajstić information content (AvgIpc) is 2.48. The number of aryl methyl sites for hydroxylation is 2. The Morgan fingerprint density at radius 1 is 1.43 bits per heavy atom. The molecule has 0 amide bonds. The quantitative estimate of drug-likeness (QED) is 0.726. The second-order valence-corrected chi connectivity index (χ2v) is 3.62. The lowest BCUT2D eigenvalue weighted by atomic mass is 10.2. The van der Waals surface area contributed by atoms with Crippen molar-refractivity contribution in [3.05, 3.63) is 40.7 Å². The van der Waals surface area contributed by atoms with E-state index < -0.39 is 0 Å². The Labute approximate surface area is 87.4 Å². The van der Waals surface area contributed by atoms with Crippen LogP contribution in [0.4, 0.5) is 0 Å². The molecule has 2 aromatic heterocycles. The van der Waals surface area contributed by atoms with Crippen LogP contribution in [0, 0.1) is 18.6 Å². The largest absolute Gasteiger partial charge is 0.337 e. The number of hydrogen-bond donors (Lipinski definition) is 1. The predicted molar refractivity (Wildman–Crippen MR) is 58.2 cm³/mol. The van der Waals surface area contributed by atoms with Gasteiger partial charge in [0.25, 0.3) is 0 Å². The number of H-pyrrole nitrogens is 1. The Hall–Kier alpha value is -1.42. The number of nitrogens with one attached hydrogen (secondary N) is 1. The molecule has 0 saturated heterocycles.